The fourth-order valence-electron chi connectivity index (χ4n) is 3.85. The summed E-state index contributed by atoms with van der Waals surface area (Å²) in [6.07, 6.45) is -0.0520. The number of carbonyl (C=O) groups excluding carboxylic acids is 6. The molecule has 21 heteroatoms. The summed E-state index contributed by atoms with van der Waals surface area (Å²) in [5.74, 6) is -4.07. The number of hydrogen-bond donors (Lipinski definition) is 7. The molecule has 19 nitrogen and oxygen atoms in total. The molecule has 6 amide bonds. The van der Waals surface area contributed by atoms with Crippen LogP contribution in [0.1, 0.15) is 25.7 Å². The molecular formula is C30H53Cl2N7O12. The number of carboxylic acid groups (broad SMARTS) is 1. The number of hydrogen-bond acceptors (Lipinski definition) is 12. The molecular weight excluding hydrogens is 721 g/mol. The van der Waals surface area contributed by atoms with E-state index < -0.39 is 23.8 Å². The predicted molar refractivity (Wildman–Crippen MR) is 185 cm³/mol. The highest BCUT2D eigenvalue weighted by atomic mass is 35.5. The zero-order valence-electron chi connectivity index (χ0n) is 29.1. The minimum absolute atomic E-state index is 0.101. The average Bonchev–Trinajstić information content (AvgIpc) is 3.11. The van der Waals surface area contributed by atoms with Gasteiger partial charge in [-0.15, -0.1) is 23.2 Å². The van der Waals surface area contributed by atoms with Crippen LogP contribution in [0.5, 0.6) is 0 Å². The van der Waals surface area contributed by atoms with Crippen molar-refractivity contribution in [2.45, 2.75) is 31.7 Å². The Morgan fingerprint density at radius 1 is 0.627 bits per heavy atom. The maximum Gasteiger partial charge on any atom is 0.303 e. The molecule has 0 bridgehead atoms. The van der Waals surface area contributed by atoms with E-state index in [1.807, 2.05) is 0 Å². The Kier molecular flexibility index (Phi) is 30.4. The molecule has 0 spiro atoms. The van der Waals surface area contributed by atoms with Gasteiger partial charge in [-0.25, -0.2) is 0 Å². The van der Waals surface area contributed by atoms with E-state index in [2.05, 4.69) is 31.9 Å². The van der Waals surface area contributed by atoms with E-state index in [0.29, 0.717) is 26.2 Å². The van der Waals surface area contributed by atoms with Crippen LogP contribution in [0.4, 0.5) is 0 Å². The number of carboxylic acids is 1. The Bertz CT molecular complexity index is 1020. The fourth-order valence-corrected chi connectivity index (χ4v) is 4.04. The molecule has 0 fully saturated rings. The maximum atomic E-state index is 12.6. The van der Waals surface area contributed by atoms with E-state index in [1.165, 1.54) is 4.90 Å². The van der Waals surface area contributed by atoms with E-state index >= 15 is 0 Å². The van der Waals surface area contributed by atoms with Gasteiger partial charge in [0.15, 0.2) is 0 Å². The third-order valence-corrected chi connectivity index (χ3v) is 6.93. The van der Waals surface area contributed by atoms with Gasteiger partial charge in [0.25, 0.3) is 0 Å². The predicted octanol–water partition coefficient (Wildman–Crippen LogP) is -2.83. The number of carbonyl (C=O) groups is 7. The molecule has 0 saturated carbocycles. The summed E-state index contributed by atoms with van der Waals surface area (Å²) in [4.78, 5) is 84.6. The summed E-state index contributed by atoms with van der Waals surface area (Å²) in [6, 6.07) is -1.08. The minimum atomic E-state index is -1.12. The van der Waals surface area contributed by atoms with E-state index in [-0.39, 0.29) is 134 Å². The quantitative estimate of drug-likeness (QED) is 0.0263. The Hall–Kier alpha value is -3.33. The van der Waals surface area contributed by atoms with Crippen molar-refractivity contribution in [2.24, 2.45) is 0 Å². The molecule has 294 valence electrons. The molecule has 1 unspecified atom stereocenters. The van der Waals surface area contributed by atoms with Crippen molar-refractivity contribution < 1.29 is 57.6 Å². The molecule has 0 aliphatic heterocycles. The third-order valence-electron chi connectivity index (χ3n) is 6.45. The second-order valence-corrected chi connectivity index (χ2v) is 11.1. The normalized spacial score (nSPS) is 11.3. The largest absolute Gasteiger partial charge is 0.481 e. The van der Waals surface area contributed by atoms with Crippen LogP contribution in [0, 0.1) is 0 Å². The van der Waals surface area contributed by atoms with Gasteiger partial charge in [-0.05, 0) is 19.9 Å². The lowest BCUT2D eigenvalue weighted by Gasteiger charge is -2.23. The maximum absolute atomic E-state index is 12.6. The van der Waals surface area contributed by atoms with Gasteiger partial charge < -0.3 is 60.9 Å². The Balaban J connectivity index is 4.23. The molecule has 0 radical (unpaired) electrons. The lowest BCUT2D eigenvalue weighted by Crippen LogP contribution is -2.48. The van der Waals surface area contributed by atoms with Crippen LogP contribution < -0.4 is 31.9 Å². The van der Waals surface area contributed by atoms with E-state index in [4.69, 9.17) is 47.3 Å². The zero-order chi connectivity index (χ0) is 38.1. The number of nitrogens with zero attached hydrogens (tertiary/aromatic N) is 1. The Morgan fingerprint density at radius 2 is 1.18 bits per heavy atom. The second-order valence-electron chi connectivity index (χ2n) is 10.6. The van der Waals surface area contributed by atoms with Crippen molar-refractivity contribution >= 4 is 64.6 Å². The number of aliphatic carboxylic acids is 1. The first-order valence-electron chi connectivity index (χ1n) is 16.5. The van der Waals surface area contributed by atoms with Crippen LogP contribution in [-0.4, -0.2) is 175 Å². The molecule has 51 heavy (non-hydrogen) atoms. The molecule has 0 aromatic carbocycles. The first-order valence-corrected chi connectivity index (χ1v) is 17.5. The monoisotopic (exact) mass is 773 g/mol. The van der Waals surface area contributed by atoms with Gasteiger partial charge in [0.2, 0.25) is 35.4 Å². The van der Waals surface area contributed by atoms with Gasteiger partial charge in [0, 0.05) is 58.7 Å². The first-order chi connectivity index (χ1) is 24.5. The number of ether oxygens (including phenoxy) is 4. The summed E-state index contributed by atoms with van der Waals surface area (Å²) >= 11 is 10.9. The van der Waals surface area contributed by atoms with Crippen molar-refractivity contribution in [2.75, 3.05) is 117 Å². The summed E-state index contributed by atoms with van der Waals surface area (Å²) in [7, 11) is 1.79. The average molecular weight is 775 g/mol. The highest BCUT2D eigenvalue weighted by molar-refractivity contribution is 6.27. The molecule has 0 aliphatic carbocycles. The second kappa shape index (κ2) is 32.6. The lowest BCUT2D eigenvalue weighted by molar-refractivity contribution is -0.138. The van der Waals surface area contributed by atoms with Crippen molar-refractivity contribution in [3.05, 3.63) is 0 Å². The summed E-state index contributed by atoms with van der Waals surface area (Å²) in [5.41, 5.74) is 0. The molecule has 0 saturated heterocycles. The fraction of sp³-hybridized carbons (Fsp3) is 0.767. The standard InChI is InChI=1S/C30H53Cl2N7O12/c1-33-9-13-48-15-17-50-21-27(43)38-23(4-5-29(45)46)30(47)37-6-2-3-24(40)36-10-14-49-16-18-51-22-28(44)39(11-7-34-25(41)19-31)12-8-35-26(42)20-32/h23,33H,2-22H2,1H3,(H,34,41)(H,35,42)(H,36,40)(H,37,47)(H,38,43)(H,45,46). The molecule has 0 rings (SSSR count). The molecule has 0 aromatic rings. The zero-order valence-corrected chi connectivity index (χ0v) is 30.6. The van der Waals surface area contributed by atoms with Gasteiger partial charge in [-0.1, -0.05) is 0 Å². The van der Waals surface area contributed by atoms with Gasteiger partial charge in [0.1, 0.15) is 31.0 Å². The Morgan fingerprint density at radius 3 is 1.75 bits per heavy atom. The first kappa shape index (κ1) is 47.7. The van der Waals surface area contributed by atoms with Crippen LogP contribution in [0.15, 0.2) is 0 Å². The summed E-state index contributed by atoms with van der Waals surface area (Å²) < 4.78 is 21.3. The number of nitrogens with one attached hydrogen (secondary N) is 6. The lowest BCUT2D eigenvalue weighted by atomic mass is 10.1. The topological polar surface area (TPSA) is 252 Å². The smallest absolute Gasteiger partial charge is 0.303 e. The molecule has 1 atom stereocenters. The van der Waals surface area contributed by atoms with Crippen molar-refractivity contribution in [1.82, 2.24) is 36.8 Å². The summed E-state index contributed by atoms with van der Waals surface area (Å²) in [5, 5.41) is 24.8. The summed E-state index contributed by atoms with van der Waals surface area (Å²) in [6.45, 7) is 2.55. The number of likely N-dealkylation sites (N-methyl/N-ethyl adjacent to an activating group) is 1. The highest BCUT2D eigenvalue weighted by Crippen LogP contribution is 2.00. The van der Waals surface area contributed by atoms with Gasteiger partial charge in [0.05, 0.1) is 39.6 Å². The molecule has 0 aliphatic rings. The number of rotatable bonds is 33. The van der Waals surface area contributed by atoms with Crippen LogP contribution in [0.3, 0.4) is 0 Å². The van der Waals surface area contributed by atoms with E-state index in [1.54, 1.807) is 7.05 Å². The van der Waals surface area contributed by atoms with Crippen LogP contribution in [0.25, 0.3) is 0 Å². The van der Waals surface area contributed by atoms with Crippen molar-refractivity contribution in [1.29, 1.82) is 0 Å². The number of halogens is 2. The van der Waals surface area contributed by atoms with E-state index in [0.717, 1.165) is 0 Å². The Labute approximate surface area is 307 Å². The molecule has 7 N–H and O–H groups in total. The van der Waals surface area contributed by atoms with Crippen molar-refractivity contribution in [3.63, 3.8) is 0 Å². The van der Waals surface area contributed by atoms with E-state index in [9.17, 15) is 33.6 Å². The molecule has 0 aromatic heterocycles. The third kappa shape index (κ3) is 29.0. The van der Waals surface area contributed by atoms with Crippen LogP contribution >= 0.6 is 23.2 Å². The van der Waals surface area contributed by atoms with Gasteiger partial charge >= 0.3 is 5.97 Å². The van der Waals surface area contributed by atoms with Crippen LogP contribution in [-0.2, 0) is 52.5 Å². The number of alkyl halides is 2. The minimum Gasteiger partial charge on any atom is -0.481 e. The van der Waals surface area contributed by atoms with Gasteiger partial charge in [-0.3, -0.25) is 33.6 Å². The number of amides is 6. The highest BCUT2D eigenvalue weighted by Gasteiger charge is 2.22. The SMILES string of the molecule is CNCCOCCOCC(=O)NC(CCC(=O)O)C(=O)NCCCC(=O)NCCOCCOCC(=O)N(CCNC(=O)CCl)CCNC(=O)CCl. The van der Waals surface area contributed by atoms with Crippen molar-refractivity contribution in [3.8, 4) is 0 Å². The van der Waals surface area contributed by atoms with Crippen LogP contribution in [0.2, 0.25) is 0 Å². The van der Waals surface area contributed by atoms with Gasteiger partial charge in [-0.2, -0.15) is 0 Å². The molecule has 0 heterocycles.